The van der Waals surface area contributed by atoms with E-state index in [2.05, 4.69) is 54.5 Å². The van der Waals surface area contributed by atoms with E-state index in [9.17, 15) is 0 Å². The number of benzene rings is 1. The zero-order valence-electron chi connectivity index (χ0n) is 16.1. The molecule has 2 heterocycles. The Kier molecular flexibility index (Phi) is 4.94. The average molecular weight is 370 g/mol. The van der Waals surface area contributed by atoms with Crippen molar-refractivity contribution in [2.75, 3.05) is 6.54 Å². The number of hydrogen-bond donors (Lipinski definition) is 0. The number of nitrogens with zero attached hydrogens (tertiary/aromatic N) is 3. The molecule has 138 valence electrons. The van der Waals surface area contributed by atoms with E-state index in [1.54, 1.807) is 0 Å². The van der Waals surface area contributed by atoms with Crippen molar-refractivity contribution in [2.45, 2.75) is 65.6 Å². The quantitative estimate of drug-likeness (QED) is 0.711. The molecule has 3 nitrogen and oxygen atoms in total. The van der Waals surface area contributed by atoms with Crippen LogP contribution >= 0.6 is 11.6 Å². The van der Waals surface area contributed by atoms with Gasteiger partial charge in [-0.15, -0.1) is 0 Å². The number of halogens is 1. The predicted octanol–water partition coefficient (Wildman–Crippen LogP) is 5.48. The Bertz CT molecular complexity index is 890. The lowest BCUT2D eigenvalue weighted by Crippen LogP contribution is -2.28. The van der Waals surface area contributed by atoms with Gasteiger partial charge < -0.3 is 4.57 Å². The number of rotatable bonds is 4. The minimum Gasteiger partial charge on any atom is -0.323 e. The molecule has 0 N–H and O–H groups in total. The van der Waals surface area contributed by atoms with Crippen LogP contribution in [0.25, 0.3) is 11.0 Å². The first-order valence-corrected chi connectivity index (χ1v) is 10.1. The van der Waals surface area contributed by atoms with Crippen LogP contribution in [0.2, 0.25) is 0 Å². The minimum atomic E-state index is 0.655. The van der Waals surface area contributed by atoms with Gasteiger partial charge in [-0.25, -0.2) is 4.98 Å². The van der Waals surface area contributed by atoms with Crippen LogP contribution in [0.5, 0.6) is 0 Å². The average Bonchev–Trinajstić information content (AvgIpc) is 3.15. The molecule has 4 rings (SSSR count). The van der Waals surface area contributed by atoms with Crippen molar-refractivity contribution in [3.8, 4) is 0 Å². The molecular weight excluding hydrogens is 342 g/mol. The minimum absolute atomic E-state index is 0.655. The van der Waals surface area contributed by atoms with Crippen LogP contribution in [0.1, 0.15) is 49.6 Å². The van der Waals surface area contributed by atoms with Crippen molar-refractivity contribution >= 4 is 22.6 Å². The molecular formula is C22H28ClN3. The van der Waals surface area contributed by atoms with E-state index in [-0.39, 0.29) is 0 Å². The lowest BCUT2D eigenvalue weighted by molar-refractivity contribution is 0.251. The topological polar surface area (TPSA) is 21.1 Å². The van der Waals surface area contributed by atoms with E-state index in [0.717, 1.165) is 36.5 Å². The zero-order valence-corrected chi connectivity index (χ0v) is 16.8. The number of imidazole rings is 1. The molecule has 26 heavy (non-hydrogen) atoms. The summed E-state index contributed by atoms with van der Waals surface area (Å²) in [6.07, 6.45) is 8.84. The molecule has 2 aromatic rings. The maximum absolute atomic E-state index is 6.15. The summed E-state index contributed by atoms with van der Waals surface area (Å²) in [5, 5.41) is 0.960. The summed E-state index contributed by atoms with van der Waals surface area (Å²) in [6, 6.07) is 5.20. The predicted molar refractivity (Wildman–Crippen MR) is 110 cm³/mol. The molecule has 0 saturated carbocycles. The molecule has 1 aromatic heterocycles. The molecule has 1 aliphatic heterocycles. The highest BCUT2D eigenvalue weighted by molar-refractivity contribution is 6.29. The van der Waals surface area contributed by atoms with Gasteiger partial charge in [-0.3, -0.25) is 4.90 Å². The zero-order chi connectivity index (χ0) is 18.3. The fourth-order valence-corrected chi connectivity index (χ4v) is 4.28. The Balaban J connectivity index is 1.74. The highest BCUT2D eigenvalue weighted by Gasteiger charge is 2.23. The molecule has 0 spiro atoms. The highest BCUT2D eigenvalue weighted by Crippen LogP contribution is 2.28. The lowest BCUT2D eigenvalue weighted by Gasteiger charge is -2.22. The van der Waals surface area contributed by atoms with Crippen LogP contribution in [0.3, 0.4) is 0 Å². The van der Waals surface area contributed by atoms with Crippen molar-refractivity contribution in [3.63, 3.8) is 0 Å². The normalized spacial score (nSPS) is 21.3. The smallest absolute Gasteiger partial charge is 0.124 e. The summed E-state index contributed by atoms with van der Waals surface area (Å²) in [4.78, 5) is 7.62. The van der Waals surface area contributed by atoms with Crippen molar-refractivity contribution < 1.29 is 0 Å². The van der Waals surface area contributed by atoms with Crippen LogP contribution in [0, 0.1) is 13.8 Å². The summed E-state index contributed by atoms with van der Waals surface area (Å²) in [5.74, 6) is 1.19. The van der Waals surface area contributed by atoms with E-state index in [0.29, 0.717) is 6.04 Å². The van der Waals surface area contributed by atoms with E-state index in [1.165, 1.54) is 47.4 Å². The third-order valence-electron chi connectivity index (χ3n) is 6.02. The third kappa shape index (κ3) is 3.47. The summed E-state index contributed by atoms with van der Waals surface area (Å²) in [5.41, 5.74) is 6.47. The maximum Gasteiger partial charge on any atom is 0.124 e. The maximum atomic E-state index is 6.15. The van der Waals surface area contributed by atoms with E-state index in [4.69, 9.17) is 16.6 Å². The molecule has 0 bridgehead atoms. The van der Waals surface area contributed by atoms with Gasteiger partial charge in [0, 0.05) is 17.6 Å². The first-order chi connectivity index (χ1) is 12.5. The lowest BCUT2D eigenvalue weighted by atomic mass is 10.0. The molecule has 1 fully saturated rings. The molecule has 2 aliphatic rings. The molecule has 4 heteroatoms. The Hall–Kier alpha value is -1.58. The number of allylic oxidation sites excluding steroid dienone is 4. The summed E-state index contributed by atoms with van der Waals surface area (Å²) in [7, 11) is 0. The van der Waals surface area contributed by atoms with Crippen LogP contribution < -0.4 is 0 Å². The number of aryl methyl sites for hydroxylation is 2. The van der Waals surface area contributed by atoms with E-state index < -0.39 is 0 Å². The second kappa shape index (κ2) is 7.21. The number of fused-ring (bicyclic) bond motifs is 1. The fourth-order valence-electron chi connectivity index (χ4n) is 4.13. The molecule has 1 atom stereocenters. The molecule has 0 radical (unpaired) electrons. The van der Waals surface area contributed by atoms with Gasteiger partial charge in [-0.1, -0.05) is 23.3 Å². The van der Waals surface area contributed by atoms with Gasteiger partial charge in [-0.05, 0) is 82.3 Å². The molecule has 0 amide bonds. The van der Waals surface area contributed by atoms with Crippen LogP contribution in [0.15, 0.2) is 34.9 Å². The Labute approximate surface area is 161 Å². The number of hydrogen-bond acceptors (Lipinski definition) is 2. The third-order valence-corrected chi connectivity index (χ3v) is 6.34. The van der Waals surface area contributed by atoms with E-state index in [1.807, 2.05) is 0 Å². The van der Waals surface area contributed by atoms with Crippen LogP contribution in [-0.4, -0.2) is 27.0 Å². The molecule has 1 saturated heterocycles. The van der Waals surface area contributed by atoms with Gasteiger partial charge >= 0.3 is 0 Å². The van der Waals surface area contributed by atoms with Gasteiger partial charge in [0.25, 0.3) is 0 Å². The van der Waals surface area contributed by atoms with Gasteiger partial charge in [0.05, 0.1) is 17.6 Å². The fraction of sp³-hybridized carbons (Fsp3) is 0.500. The molecule has 1 aromatic carbocycles. The van der Waals surface area contributed by atoms with Crippen molar-refractivity contribution in [2.24, 2.45) is 0 Å². The number of likely N-dealkylation sites (tertiary alicyclic amines) is 1. The van der Waals surface area contributed by atoms with Gasteiger partial charge in [0.2, 0.25) is 0 Å². The molecule has 0 unspecified atom stereocenters. The Morgan fingerprint density at radius 2 is 1.92 bits per heavy atom. The molecule has 1 aliphatic carbocycles. The standard InChI is InChI=1S/C22H28ClN3/c1-15-11-20-21(12-16(15)2)26(13-18-6-8-19(23)9-7-18)22(24-20)14-25-10-4-5-17(25)3/h6,8,11-12,17H,4-5,7,9-10,13-14H2,1-3H3/t17-/m1/s1. The first kappa shape index (κ1) is 17.8. The Morgan fingerprint density at radius 1 is 1.12 bits per heavy atom. The van der Waals surface area contributed by atoms with Crippen molar-refractivity contribution in [3.05, 3.63) is 51.8 Å². The second-order valence-corrected chi connectivity index (χ2v) is 8.43. The summed E-state index contributed by atoms with van der Waals surface area (Å²) in [6.45, 7) is 9.74. The largest absolute Gasteiger partial charge is 0.323 e. The van der Waals surface area contributed by atoms with Gasteiger partial charge in [0.1, 0.15) is 5.82 Å². The SMILES string of the molecule is Cc1cc2nc(CN3CCC[C@H]3C)n(CC3=CC=C(Cl)CC3)c2cc1C. The van der Waals surface area contributed by atoms with Crippen LogP contribution in [0.4, 0.5) is 0 Å². The van der Waals surface area contributed by atoms with Crippen molar-refractivity contribution in [1.82, 2.24) is 14.5 Å². The van der Waals surface area contributed by atoms with Crippen LogP contribution in [-0.2, 0) is 13.1 Å². The summed E-state index contributed by atoms with van der Waals surface area (Å²) >= 11 is 6.15. The van der Waals surface area contributed by atoms with E-state index >= 15 is 0 Å². The van der Waals surface area contributed by atoms with Gasteiger partial charge in [-0.2, -0.15) is 0 Å². The highest BCUT2D eigenvalue weighted by atomic mass is 35.5. The Morgan fingerprint density at radius 3 is 2.62 bits per heavy atom. The number of aromatic nitrogens is 2. The second-order valence-electron chi connectivity index (χ2n) is 7.94. The first-order valence-electron chi connectivity index (χ1n) is 9.76. The monoisotopic (exact) mass is 369 g/mol. The van der Waals surface area contributed by atoms with Crippen molar-refractivity contribution in [1.29, 1.82) is 0 Å². The van der Waals surface area contributed by atoms with Gasteiger partial charge in [0.15, 0.2) is 0 Å². The summed E-state index contributed by atoms with van der Waals surface area (Å²) < 4.78 is 2.44.